The lowest BCUT2D eigenvalue weighted by molar-refractivity contribution is 0.112. The van der Waals surface area contributed by atoms with E-state index in [0.717, 1.165) is 17.5 Å². The number of benzene rings is 1. The molecule has 0 saturated carbocycles. The quantitative estimate of drug-likeness (QED) is 0.610. The Morgan fingerprint density at radius 1 is 1.17 bits per heavy atom. The van der Waals surface area contributed by atoms with Crippen molar-refractivity contribution in [2.45, 2.75) is 0 Å². The summed E-state index contributed by atoms with van der Waals surface area (Å²) in [7, 11) is 3.94. The van der Waals surface area contributed by atoms with Gasteiger partial charge in [-0.2, -0.15) is 0 Å². The minimum atomic E-state index is 0. The van der Waals surface area contributed by atoms with Gasteiger partial charge in [-0.15, -0.1) is 0 Å². The Labute approximate surface area is 71.9 Å². The first-order chi connectivity index (χ1) is 5.24. The van der Waals surface area contributed by atoms with E-state index in [1.807, 2.05) is 43.3 Å². The van der Waals surface area contributed by atoms with E-state index in [9.17, 15) is 4.79 Å². The summed E-state index contributed by atoms with van der Waals surface area (Å²) in [4.78, 5) is 12.3. The molecule has 0 spiro atoms. The van der Waals surface area contributed by atoms with Crippen LogP contribution in [-0.2, 0) is 0 Å². The second kappa shape index (κ2) is 4.51. The minimum absolute atomic E-state index is 0. The van der Waals surface area contributed by atoms with Gasteiger partial charge in [0.2, 0.25) is 0 Å². The van der Waals surface area contributed by atoms with Crippen LogP contribution in [0.15, 0.2) is 24.3 Å². The van der Waals surface area contributed by atoms with E-state index in [1.54, 1.807) is 0 Å². The zero-order chi connectivity index (χ0) is 8.27. The lowest BCUT2D eigenvalue weighted by atomic mass is 10.2. The summed E-state index contributed by atoms with van der Waals surface area (Å²) in [6.45, 7) is 0. The van der Waals surface area contributed by atoms with Gasteiger partial charge < -0.3 is 10.4 Å². The van der Waals surface area contributed by atoms with Crippen molar-refractivity contribution in [3.8, 4) is 0 Å². The van der Waals surface area contributed by atoms with Crippen molar-refractivity contribution in [1.29, 1.82) is 0 Å². The SMILES string of the molecule is CN(C)c1ccc(C=O)cc1.O. The highest BCUT2D eigenvalue weighted by molar-refractivity contribution is 5.75. The zero-order valence-electron chi connectivity index (χ0n) is 7.24. The van der Waals surface area contributed by atoms with Crippen LogP contribution < -0.4 is 4.90 Å². The molecule has 0 aliphatic rings. The van der Waals surface area contributed by atoms with Gasteiger partial charge in [-0.25, -0.2) is 0 Å². The van der Waals surface area contributed by atoms with Gasteiger partial charge in [-0.05, 0) is 24.3 Å². The number of hydrogen-bond donors (Lipinski definition) is 0. The molecular formula is C9H13NO2. The molecule has 0 bridgehead atoms. The van der Waals surface area contributed by atoms with E-state index in [4.69, 9.17) is 0 Å². The second-order valence-corrected chi connectivity index (χ2v) is 2.60. The maximum Gasteiger partial charge on any atom is 0.150 e. The Hall–Kier alpha value is -1.35. The van der Waals surface area contributed by atoms with Gasteiger partial charge in [0.1, 0.15) is 6.29 Å². The van der Waals surface area contributed by atoms with Gasteiger partial charge in [0, 0.05) is 25.3 Å². The number of carbonyl (C=O) groups is 1. The van der Waals surface area contributed by atoms with Crippen molar-refractivity contribution in [2.24, 2.45) is 0 Å². The number of hydrogen-bond acceptors (Lipinski definition) is 2. The van der Waals surface area contributed by atoms with Gasteiger partial charge >= 0.3 is 0 Å². The van der Waals surface area contributed by atoms with Crippen LogP contribution in [0, 0.1) is 0 Å². The third-order valence-electron chi connectivity index (χ3n) is 1.55. The fourth-order valence-electron chi connectivity index (χ4n) is 0.851. The van der Waals surface area contributed by atoms with E-state index in [-0.39, 0.29) is 5.48 Å². The van der Waals surface area contributed by atoms with E-state index in [1.165, 1.54) is 0 Å². The van der Waals surface area contributed by atoms with Crippen molar-refractivity contribution in [2.75, 3.05) is 19.0 Å². The van der Waals surface area contributed by atoms with Crippen LogP contribution >= 0.6 is 0 Å². The minimum Gasteiger partial charge on any atom is -0.412 e. The molecule has 3 nitrogen and oxygen atoms in total. The lowest BCUT2D eigenvalue weighted by Gasteiger charge is -2.11. The van der Waals surface area contributed by atoms with Crippen LogP contribution in [0.2, 0.25) is 0 Å². The molecule has 0 amide bonds. The molecule has 0 heterocycles. The maximum atomic E-state index is 10.3. The largest absolute Gasteiger partial charge is 0.412 e. The van der Waals surface area contributed by atoms with Crippen LogP contribution in [0.25, 0.3) is 0 Å². The van der Waals surface area contributed by atoms with Crippen LogP contribution in [0.4, 0.5) is 5.69 Å². The Kier molecular flexibility index (Phi) is 4.00. The summed E-state index contributed by atoms with van der Waals surface area (Å²) < 4.78 is 0. The molecule has 0 saturated heterocycles. The smallest absolute Gasteiger partial charge is 0.150 e. The first-order valence-corrected chi connectivity index (χ1v) is 3.46. The molecule has 1 aromatic rings. The Bertz CT molecular complexity index is 241. The molecule has 1 aromatic carbocycles. The van der Waals surface area contributed by atoms with Gasteiger partial charge in [0.05, 0.1) is 0 Å². The van der Waals surface area contributed by atoms with Crippen molar-refractivity contribution >= 4 is 12.0 Å². The second-order valence-electron chi connectivity index (χ2n) is 2.60. The van der Waals surface area contributed by atoms with Crippen molar-refractivity contribution in [3.63, 3.8) is 0 Å². The average Bonchev–Trinajstić information content (AvgIpc) is 2.05. The van der Waals surface area contributed by atoms with Crippen LogP contribution in [0.5, 0.6) is 0 Å². The molecule has 0 radical (unpaired) electrons. The normalized spacial score (nSPS) is 8.50. The van der Waals surface area contributed by atoms with Crippen molar-refractivity contribution in [1.82, 2.24) is 0 Å². The molecule has 0 aromatic heterocycles. The molecule has 66 valence electrons. The van der Waals surface area contributed by atoms with Gasteiger partial charge in [-0.3, -0.25) is 4.79 Å². The average molecular weight is 167 g/mol. The highest BCUT2D eigenvalue weighted by Crippen LogP contribution is 2.10. The Morgan fingerprint density at radius 3 is 2.00 bits per heavy atom. The molecular weight excluding hydrogens is 154 g/mol. The monoisotopic (exact) mass is 167 g/mol. The van der Waals surface area contributed by atoms with E-state index >= 15 is 0 Å². The molecule has 0 aliphatic carbocycles. The van der Waals surface area contributed by atoms with E-state index < -0.39 is 0 Å². The lowest BCUT2D eigenvalue weighted by Crippen LogP contribution is -2.08. The summed E-state index contributed by atoms with van der Waals surface area (Å²) in [6.07, 6.45) is 0.847. The topological polar surface area (TPSA) is 51.8 Å². The molecule has 2 N–H and O–H groups in total. The van der Waals surface area contributed by atoms with Crippen molar-refractivity contribution < 1.29 is 10.3 Å². The predicted octanol–water partition coefficient (Wildman–Crippen LogP) is 0.740. The predicted molar refractivity (Wildman–Crippen MR) is 49.8 cm³/mol. The standard InChI is InChI=1S/C9H11NO.H2O/c1-10(2)9-5-3-8(7-11)4-6-9;/h3-7H,1-2H3;1H2. The van der Waals surface area contributed by atoms with Crippen LogP contribution in [-0.4, -0.2) is 25.9 Å². The van der Waals surface area contributed by atoms with Crippen LogP contribution in [0.1, 0.15) is 10.4 Å². The highest BCUT2D eigenvalue weighted by atomic mass is 16.1. The molecule has 12 heavy (non-hydrogen) atoms. The fourth-order valence-corrected chi connectivity index (χ4v) is 0.851. The number of anilines is 1. The summed E-state index contributed by atoms with van der Waals surface area (Å²) in [6, 6.07) is 7.46. The summed E-state index contributed by atoms with van der Waals surface area (Å²) in [5.41, 5.74) is 1.83. The number of aldehydes is 1. The van der Waals surface area contributed by atoms with E-state index in [0.29, 0.717) is 0 Å². The summed E-state index contributed by atoms with van der Waals surface area (Å²) in [5, 5.41) is 0. The molecule has 0 aliphatic heterocycles. The summed E-state index contributed by atoms with van der Waals surface area (Å²) >= 11 is 0. The highest BCUT2D eigenvalue weighted by Gasteiger charge is 1.93. The zero-order valence-corrected chi connectivity index (χ0v) is 7.24. The first-order valence-electron chi connectivity index (χ1n) is 3.46. The molecule has 0 unspecified atom stereocenters. The fraction of sp³-hybridized carbons (Fsp3) is 0.222. The third-order valence-corrected chi connectivity index (χ3v) is 1.55. The van der Waals surface area contributed by atoms with E-state index in [2.05, 4.69) is 0 Å². The Balaban J connectivity index is 0.00000121. The number of nitrogens with zero attached hydrogens (tertiary/aromatic N) is 1. The van der Waals surface area contributed by atoms with Gasteiger partial charge in [0.25, 0.3) is 0 Å². The van der Waals surface area contributed by atoms with Gasteiger partial charge in [0.15, 0.2) is 0 Å². The molecule has 1 rings (SSSR count). The maximum absolute atomic E-state index is 10.3. The van der Waals surface area contributed by atoms with Gasteiger partial charge in [-0.1, -0.05) is 0 Å². The number of rotatable bonds is 2. The third kappa shape index (κ3) is 2.36. The first kappa shape index (κ1) is 10.7. The molecule has 3 heteroatoms. The molecule has 0 fully saturated rings. The Morgan fingerprint density at radius 2 is 1.67 bits per heavy atom. The van der Waals surface area contributed by atoms with Crippen molar-refractivity contribution in [3.05, 3.63) is 29.8 Å². The molecule has 0 atom stereocenters. The number of carbonyl (C=O) groups excluding carboxylic acids is 1. The van der Waals surface area contributed by atoms with Crippen LogP contribution in [0.3, 0.4) is 0 Å². The summed E-state index contributed by atoms with van der Waals surface area (Å²) in [5.74, 6) is 0.